The molecule has 0 aliphatic carbocycles. The summed E-state index contributed by atoms with van der Waals surface area (Å²) in [4.78, 5) is 0. The van der Waals surface area contributed by atoms with Crippen molar-refractivity contribution >= 4 is 0 Å². The highest BCUT2D eigenvalue weighted by Gasteiger charge is 2.12. The molecule has 0 bridgehead atoms. The molecule has 0 aliphatic rings. The largest absolute Gasteiger partial charge is 0.325 e. The first-order valence-electron chi connectivity index (χ1n) is 6.31. The molecule has 18 heavy (non-hydrogen) atoms. The van der Waals surface area contributed by atoms with Gasteiger partial charge in [0.1, 0.15) is 0 Å². The average molecular weight is 243 g/mol. The quantitative estimate of drug-likeness (QED) is 0.900. The first-order valence-corrected chi connectivity index (χ1v) is 6.31. The fourth-order valence-electron chi connectivity index (χ4n) is 1.90. The minimum Gasteiger partial charge on any atom is -0.325 e. The van der Waals surface area contributed by atoms with Gasteiger partial charge in [-0.25, -0.2) is 0 Å². The molecule has 1 aromatic heterocycles. The molecule has 2 rings (SSSR count). The van der Waals surface area contributed by atoms with Gasteiger partial charge in [-0.2, -0.15) is 5.10 Å². The summed E-state index contributed by atoms with van der Waals surface area (Å²) in [5, 5.41) is 4.39. The standard InChI is InChI=1S/C15H21N3/c1-15(2,3)13-6-4-12(5-7-13)11-18-9-8-14(10-16)17-18/h4-9H,10-11,16H2,1-3H3. The van der Waals surface area contributed by atoms with E-state index >= 15 is 0 Å². The number of nitrogens with zero attached hydrogens (tertiary/aromatic N) is 2. The van der Waals surface area contributed by atoms with Gasteiger partial charge in [0.15, 0.2) is 0 Å². The van der Waals surface area contributed by atoms with E-state index in [1.165, 1.54) is 11.1 Å². The van der Waals surface area contributed by atoms with Crippen LogP contribution in [0.3, 0.4) is 0 Å². The van der Waals surface area contributed by atoms with E-state index in [2.05, 4.69) is 50.1 Å². The van der Waals surface area contributed by atoms with Crippen LogP contribution in [0, 0.1) is 0 Å². The zero-order chi connectivity index (χ0) is 13.2. The van der Waals surface area contributed by atoms with Gasteiger partial charge in [-0.1, -0.05) is 45.0 Å². The van der Waals surface area contributed by atoms with Gasteiger partial charge in [-0.15, -0.1) is 0 Å². The van der Waals surface area contributed by atoms with Crippen molar-refractivity contribution in [1.29, 1.82) is 0 Å². The van der Waals surface area contributed by atoms with Crippen LogP contribution >= 0.6 is 0 Å². The zero-order valence-electron chi connectivity index (χ0n) is 11.4. The Labute approximate surface area is 109 Å². The molecular weight excluding hydrogens is 222 g/mol. The second-order valence-corrected chi connectivity index (χ2v) is 5.66. The maximum Gasteiger partial charge on any atom is 0.0760 e. The minimum atomic E-state index is 0.205. The lowest BCUT2D eigenvalue weighted by Crippen LogP contribution is -2.11. The molecule has 0 aliphatic heterocycles. The number of benzene rings is 1. The Hall–Kier alpha value is -1.61. The summed E-state index contributed by atoms with van der Waals surface area (Å²) in [6.07, 6.45) is 1.97. The van der Waals surface area contributed by atoms with Gasteiger partial charge in [-0.05, 0) is 22.6 Å². The van der Waals surface area contributed by atoms with Crippen molar-refractivity contribution < 1.29 is 0 Å². The summed E-state index contributed by atoms with van der Waals surface area (Å²) in [5.41, 5.74) is 9.30. The van der Waals surface area contributed by atoms with Crippen LogP contribution in [0.1, 0.15) is 37.6 Å². The average Bonchev–Trinajstić information content (AvgIpc) is 2.76. The predicted molar refractivity (Wildman–Crippen MR) is 74.4 cm³/mol. The van der Waals surface area contributed by atoms with E-state index in [-0.39, 0.29) is 5.41 Å². The molecule has 2 aromatic rings. The minimum absolute atomic E-state index is 0.205. The normalized spacial score (nSPS) is 11.8. The smallest absolute Gasteiger partial charge is 0.0760 e. The maximum atomic E-state index is 5.55. The Bertz CT molecular complexity index is 503. The summed E-state index contributed by atoms with van der Waals surface area (Å²) < 4.78 is 1.92. The van der Waals surface area contributed by atoms with Crippen molar-refractivity contribution in [2.75, 3.05) is 0 Å². The molecule has 1 aromatic carbocycles. The van der Waals surface area contributed by atoms with Crippen LogP contribution < -0.4 is 5.73 Å². The van der Waals surface area contributed by atoms with Crippen molar-refractivity contribution in [3.63, 3.8) is 0 Å². The molecule has 0 atom stereocenters. The van der Waals surface area contributed by atoms with E-state index in [1.54, 1.807) is 0 Å². The fourth-order valence-corrected chi connectivity index (χ4v) is 1.90. The van der Waals surface area contributed by atoms with Crippen LogP contribution in [-0.4, -0.2) is 9.78 Å². The van der Waals surface area contributed by atoms with Crippen LogP contribution in [0.25, 0.3) is 0 Å². The molecule has 0 fully saturated rings. The number of hydrogen-bond donors (Lipinski definition) is 1. The fraction of sp³-hybridized carbons (Fsp3) is 0.400. The third kappa shape index (κ3) is 2.99. The van der Waals surface area contributed by atoms with Crippen LogP contribution in [0.2, 0.25) is 0 Å². The van der Waals surface area contributed by atoms with Crippen molar-refractivity contribution in [3.8, 4) is 0 Å². The second kappa shape index (κ2) is 4.94. The summed E-state index contributed by atoms with van der Waals surface area (Å²) in [7, 11) is 0. The number of aromatic nitrogens is 2. The molecule has 3 nitrogen and oxygen atoms in total. The van der Waals surface area contributed by atoms with Gasteiger partial charge in [0.2, 0.25) is 0 Å². The number of nitrogens with two attached hydrogens (primary N) is 1. The van der Waals surface area contributed by atoms with Gasteiger partial charge in [0, 0.05) is 12.7 Å². The molecular formula is C15H21N3. The molecule has 3 heteroatoms. The van der Waals surface area contributed by atoms with Crippen molar-refractivity contribution in [1.82, 2.24) is 9.78 Å². The van der Waals surface area contributed by atoms with Crippen LogP contribution in [0.5, 0.6) is 0 Å². The summed E-state index contributed by atoms with van der Waals surface area (Å²) in [5.74, 6) is 0. The Kier molecular flexibility index (Phi) is 3.53. The first kappa shape index (κ1) is 12.8. The Balaban J connectivity index is 2.11. The Morgan fingerprint density at radius 3 is 2.28 bits per heavy atom. The Morgan fingerprint density at radius 1 is 1.11 bits per heavy atom. The van der Waals surface area contributed by atoms with Gasteiger partial charge in [0.25, 0.3) is 0 Å². The molecule has 96 valence electrons. The number of rotatable bonds is 3. The summed E-state index contributed by atoms with van der Waals surface area (Å²) in [6.45, 7) is 7.97. The highest BCUT2D eigenvalue weighted by Crippen LogP contribution is 2.22. The highest BCUT2D eigenvalue weighted by molar-refractivity contribution is 5.27. The lowest BCUT2D eigenvalue weighted by Gasteiger charge is -2.19. The molecule has 0 spiro atoms. The van der Waals surface area contributed by atoms with Crippen LogP contribution in [0.15, 0.2) is 36.5 Å². The summed E-state index contributed by atoms with van der Waals surface area (Å²) in [6, 6.07) is 10.7. The third-order valence-corrected chi connectivity index (χ3v) is 3.07. The van der Waals surface area contributed by atoms with Gasteiger partial charge >= 0.3 is 0 Å². The Morgan fingerprint density at radius 2 is 1.78 bits per heavy atom. The molecule has 0 unspecified atom stereocenters. The first-order chi connectivity index (χ1) is 8.49. The molecule has 0 amide bonds. The lowest BCUT2D eigenvalue weighted by atomic mass is 9.87. The highest BCUT2D eigenvalue weighted by atomic mass is 15.3. The topological polar surface area (TPSA) is 43.8 Å². The monoisotopic (exact) mass is 243 g/mol. The summed E-state index contributed by atoms with van der Waals surface area (Å²) >= 11 is 0. The molecule has 0 saturated carbocycles. The van der Waals surface area contributed by atoms with E-state index in [9.17, 15) is 0 Å². The third-order valence-electron chi connectivity index (χ3n) is 3.07. The predicted octanol–water partition coefficient (Wildman–Crippen LogP) is 2.69. The van der Waals surface area contributed by atoms with Crippen molar-refractivity contribution in [3.05, 3.63) is 53.3 Å². The lowest BCUT2D eigenvalue weighted by molar-refractivity contribution is 0.589. The van der Waals surface area contributed by atoms with E-state index in [4.69, 9.17) is 5.73 Å². The SMILES string of the molecule is CC(C)(C)c1ccc(Cn2ccc(CN)n2)cc1. The van der Waals surface area contributed by atoms with E-state index in [0.717, 1.165) is 12.2 Å². The van der Waals surface area contributed by atoms with E-state index in [1.807, 2.05) is 16.9 Å². The van der Waals surface area contributed by atoms with E-state index in [0.29, 0.717) is 6.54 Å². The van der Waals surface area contributed by atoms with Gasteiger partial charge < -0.3 is 5.73 Å². The molecule has 0 radical (unpaired) electrons. The molecule has 1 heterocycles. The maximum absolute atomic E-state index is 5.55. The van der Waals surface area contributed by atoms with Gasteiger partial charge in [-0.3, -0.25) is 4.68 Å². The van der Waals surface area contributed by atoms with Crippen LogP contribution in [0.4, 0.5) is 0 Å². The zero-order valence-corrected chi connectivity index (χ0v) is 11.4. The van der Waals surface area contributed by atoms with Crippen molar-refractivity contribution in [2.24, 2.45) is 5.73 Å². The van der Waals surface area contributed by atoms with Crippen molar-refractivity contribution in [2.45, 2.75) is 39.3 Å². The molecule has 2 N–H and O–H groups in total. The van der Waals surface area contributed by atoms with Gasteiger partial charge in [0.05, 0.1) is 12.2 Å². The molecule has 0 saturated heterocycles. The number of hydrogen-bond acceptors (Lipinski definition) is 2. The van der Waals surface area contributed by atoms with E-state index < -0.39 is 0 Å². The van der Waals surface area contributed by atoms with Crippen LogP contribution in [-0.2, 0) is 18.5 Å². The second-order valence-electron chi connectivity index (χ2n) is 5.66.